The summed E-state index contributed by atoms with van der Waals surface area (Å²) < 4.78 is 17.6. The summed E-state index contributed by atoms with van der Waals surface area (Å²) in [6, 6.07) is 16.5. The molecular weight excluding hydrogens is 685 g/mol. The molecule has 11 nitrogen and oxygen atoms in total. The van der Waals surface area contributed by atoms with Crippen molar-refractivity contribution < 1.29 is 38.7 Å². The van der Waals surface area contributed by atoms with Crippen molar-refractivity contribution in [3.05, 3.63) is 116 Å². The molecule has 50 heavy (non-hydrogen) atoms. The number of benzene rings is 3. The van der Waals surface area contributed by atoms with Crippen molar-refractivity contribution in [2.75, 3.05) is 38.8 Å². The molecule has 2 bridgehead atoms. The average molecular weight is 723 g/mol. The molecule has 0 saturated carbocycles. The van der Waals surface area contributed by atoms with Gasteiger partial charge in [0, 0.05) is 24.1 Å². The van der Waals surface area contributed by atoms with Crippen LogP contribution < -0.4 is 19.1 Å². The second-order valence-electron chi connectivity index (χ2n) is 12.6. The van der Waals surface area contributed by atoms with Gasteiger partial charge >= 0.3 is 12.1 Å². The van der Waals surface area contributed by atoms with Gasteiger partial charge in [0.25, 0.3) is 0 Å². The van der Waals surface area contributed by atoms with Crippen molar-refractivity contribution in [3.8, 4) is 17.2 Å². The molecule has 4 heterocycles. The van der Waals surface area contributed by atoms with Crippen LogP contribution in [-0.2, 0) is 17.7 Å². The minimum Gasteiger partial charge on any atom is -0.619 e. The van der Waals surface area contributed by atoms with Gasteiger partial charge in [-0.1, -0.05) is 47.5 Å². The van der Waals surface area contributed by atoms with Crippen LogP contribution in [0.5, 0.6) is 17.2 Å². The van der Waals surface area contributed by atoms with Crippen molar-refractivity contribution in [2.24, 2.45) is 5.92 Å². The Morgan fingerprint density at radius 3 is 2.34 bits per heavy atom. The van der Waals surface area contributed by atoms with E-state index in [1.54, 1.807) is 42.5 Å². The number of carboxylic acids is 1. The fourth-order valence-electron chi connectivity index (χ4n) is 6.94. The normalized spacial score (nSPS) is 18.7. The maximum Gasteiger partial charge on any atom is 0.414 e. The van der Waals surface area contributed by atoms with Crippen molar-refractivity contribution in [2.45, 2.75) is 37.8 Å². The number of piperidine rings is 3. The first-order chi connectivity index (χ1) is 24.0. The van der Waals surface area contributed by atoms with Crippen LogP contribution in [0.25, 0.3) is 0 Å². The molecule has 262 valence electrons. The minimum atomic E-state index is -1.16. The molecule has 2 N–H and O–H groups in total. The van der Waals surface area contributed by atoms with Gasteiger partial charge in [-0.15, -0.1) is 0 Å². The number of amides is 1. The number of methoxy groups -OCH3 is 2. The number of rotatable bonds is 11. The lowest BCUT2D eigenvalue weighted by Crippen LogP contribution is -2.53. The second kappa shape index (κ2) is 15.0. The van der Waals surface area contributed by atoms with E-state index in [0.29, 0.717) is 50.7 Å². The van der Waals surface area contributed by atoms with Gasteiger partial charge in [0.1, 0.15) is 21.9 Å². The number of ether oxygens (including phenoxy) is 3. The van der Waals surface area contributed by atoms with E-state index in [0.717, 1.165) is 25.9 Å². The van der Waals surface area contributed by atoms with E-state index < -0.39 is 18.0 Å². The first-order valence-corrected chi connectivity index (χ1v) is 16.9. The van der Waals surface area contributed by atoms with Crippen LogP contribution in [-0.4, -0.2) is 67.1 Å². The van der Waals surface area contributed by atoms with Crippen LogP contribution >= 0.6 is 23.2 Å². The Balaban J connectivity index is 1.43. The summed E-state index contributed by atoms with van der Waals surface area (Å²) in [5.74, 6) is -0.650. The molecule has 4 aromatic rings. The molecule has 1 aromatic heterocycles. The smallest absolute Gasteiger partial charge is 0.414 e. The number of carbonyl (C=O) groups is 2. The van der Waals surface area contributed by atoms with E-state index in [2.05, 4.69) is 4.90 Å². The second-order valence-corrected chi connectivity index (χ2v) is 13.4. The minimum absolute atomic E-state index is 0.0119. The van der Waals surface area contributed by atoms with Gasteiger partial charge in [-0.3, -0.25) is 9.80 Å². The lowest BCUT2D eigenvalue weighted by atomic mass is 9.82. The number of phenols is 1. The van der Waals surface area contributed by atoms with Crippen LogP contribution in [0, 0.1) is 11.1 Å². The number of hydrogen-bond acceptors (Lipinski definition) is 8. The van der Waals surface area contributed by atoms with E-state index in [1.807, 2.05) is 0 Å². The highest BCUT2D eigenvalue weighted by atomic mass is 35.5. The molecular formula is C37H37Cl2N3O8. The predicted octanol–water partition coefficient (Wildman–Crippen LogP) is 6.66. The van der Waals surface area contributed by atoms with Crippen molar-refractivity contribution in [1.29, 1.82) is 0 Å². The Hall–Kier alpha value is -4.71. The Labute approximate surface area is 299 Å². The van der Waals surface area contributed by atoms with E-state index in [-0.39, 0.29) is 46.3 Å². The molecule has 3 aliphatic heterocycles. The van der Waals surface area contributed by atoms with E-state index in [9.17, 15) is 25.0 Å². The molecule has 0 radical (unpaired) electrons. The Morgan fingerprint density at radius 2 is 1.72 bits per heavy atom. The molecule has 0 unspecified atom stereocenters. The lowest BCUT2D eigenvalue weighted by molar-refractivity contribution is -0.605. The van der Waals surface area contributed by atoms with Gasteiger partial charge in [0.2, 0.25) is 0 Å². The zero-order chi connectivity index (χ0) is 35.5. The summed E-state index contributed by atoms with van der Waals surface area (Å²) in [6.45, 7) is 2.67. The summed E-state index contributed by atoms with van der Waals surface area (Å²) in [7, 11) is 3.02. The Kier molecular flexibility index (Phi) is 10.6. The third-order valence-electron chi connectivity index (χ3n) is 9.55. The first kappa shape index (κ1) is 35.1. The van der Waals surface area contributed by atoms with Gasteiger partial charge in [-0.2, -0.15) is 4.73 Å². The number of anilines is 1. The number of phenolic OH excluding ortho intramolecular Hbond substituents is 1. The van der Waals surface area contributed by atoms with E-state index >= 15 is 0 Å². The predicted molar refractivity (Wildman–Crippen MR) is 188 cm³/mol. The summed E-state index contributed by atoms with van der Waals surface area (Å²) >= 11 is 13.1. The van der Waals surface area contributed by atoms with E-state index in [1.165, 1.54) is 49.7 Å². The van der Waals surface area contributed by atoms with Crippen molar-refractivity contribution in [3.63, 3.8) is 0 Å². The fourth-order valence-corrected chi connectivity index (χ4v) is 7.54. The molecule has 3 fully saturated rings. The summed E-state index contributed by atoms with van der Waals surface area (Å²) in [5.41, 5.74) is 2.58. The van der Waals surface area contributed by atoms with Crippen LogP contribution in [0.2, 0.25) is 10.0 Å². The highest BCUT2D eigenvalue weighted by Crippen LogP contribution is 2.39. The number of hydrogen-bond donors (Lipinski definition) is 2. The molecule has 13 heteroatoms. The number of fused-ring (bicyclic) bond motifs is 3. The summed E-state index contributed by atoms with van der Waals surface area (Å²) in [5, 5.41) is 33.0. The average Bonchev–Trinajstić information content (AvgIpc) is 3.10. The lowest BCUT2D eigenvalue weighted by Gasteiger charge is -2.44. The van der Waals surface area contributed by atoms with Crippen molar-refractivity contribution in [1.82, 2.24) is 4.90 Å². The molecule has 7 rings (SSSR count). The fraction of sp³-hybridized carbons (Fsp3) is 0.324. The molecule has 1 amide bonds. The Morgan fingerprint density at radius 1 is 1.00 bits per heavy atom. The largest absolute Gasteiger partial charge is 0.619 e. The van der Waals surface area contributed by atoms with Gasteiger partial charge in [0.15, 0.2) is 23.9 Å². The zero-order valence-electron chi connectivity index (χ0n) is 27.6. The number of pyridine rings is 1. The topological polar surface area (TPSA) is 136 Å². The zero-order valence-corrected chi connectivity index (χ0v) is 29.1. The van der Waals surface area contributed by atoms with Crippen LogP contribution in [0.4, 0.5) is 10.5 Å². The molecule has 3 saturated heterocycles. The third-order valence-corrected chi connectivity index (χ3v) is 10.2. The number of halogens is 2. The number of carbonyl (C=O) groups excluding carboxylic acids is 1. The standard InChI is InChI=1S/C37H37Cl2N3O8/c1-48-33-9-7-24(15-34(33)49-2)28(17-30-31(38)19-41(47)20-32(30)39)29-14-22(6-8-27(29)36(44)45)18-42(25-4-3-5-26(43)16-25)37(46)50-35-21-40-12-10-23(35)11-13-40/h3-9,14-16,19-20,23,28,35,43H,10-13,17-18,21H2,1-2H3,(H,44,45)/t28-,35-/m0/s1. The maximum atomic E-state index is 13.9. The van der Waals surface area contributed by atoms with Crippen molar-refractivity contribution >= 4 is 41.0 Å². The molecule has 0 spiro atoms. The number of carboxylic acid groups (broad SMARTS) is 1. The third kappa shape index (κ3) is 7.55. The number of aromatic hydroxyl groups is 1. The number of aromatic carboxylic acids is 1. The number of aromatic nitrogens is 1. The van der Waals surface area contributed by atoms with Gasteiger partial charge in [0.05, 0.1) is 32.0 Å². The Bertz CT molecular complexity index is 1880. The SMILES string of the molecule is COc1ccc([C@H](Cc2c(Cl)c[n+]([O-])cc2Cl)c2cc(CN(C(=O)O[C@H]3CN4CCC3CC4)c3cccc(O)c3)ccc2C(=O)O)cc1OC. The molecule has 3 aromatic carbocycles. The maximum absolute atomic E-state index is 13.9. The summed E-state index contributed by atoms with van der Waals surface area (Å²) in [4.78, 5) is 30.4. The van der Waals surface area contributed by atoms with Crippen LogP contribution in [0.15, 0.2) is 73.1 Å². The highest BCUT2D eigenvalue weighted by Gasteiger charge is 2.37. The van der Waals surface area contributed by atoms with Gasteiger partial charge < -0.3 is 29.6 Å². The molecule has 3 aliphatic rings. The first-order valence-electron chi connectivity index (χ1n) is 16.2. The van der Waals surface area contributed by atoms with Gasteiger partial charge in [-0.05, 0) is 85.3 Å². The summed E-state index contributed by atoms with van der Waals surface area (Å²) in [6.07, 6.45) is 3.61. The molecule has 2 atom stereocenters. The van der Waals surface area contributed by atoms with E-state index in [4.69, 9.17) is 37.4 Å². The van der Waals surface area contributed by atoms with Crippen LogP contribution in [0.3, 0.4) is 0 Å². The quantitative estimate of drug-likeness (QED) is 0.129. The number of nitrogens with zero attached hydrogens (tertiary/aromatic N) is 3. The monoisotopic (exact) mass is 721 g/mol. The highest BCUT2D eigenvalue weighted by molar-refractivity contribution is 6.35. The van der Waals surface area contributed by atoms with Gasteiger partial charge in [-0.25, -0.2) is 9.59 Å². The molecule has 0 aliphatic carbocycles. The van der Waals surface area contributed by atoms with Crippen LogP contribution in [0.1, 0.15) is 51.4 Å².